The Morgan fingerprint density at radius 3 is 2.66 bits per heavy atom. The van der Waals surface area contributed by atoms with Crippen molar-refractivity contribution in [3.05, 3.63) is 41.6 Å². The van der Waals surface area contributed by atoms with Crippen molar-refractivity contribution in [2.75, 3.05) is 24.3 Å². The summed E-state index contributed by atoms with van der Waals surface area (Å²) in [6.45, 7) is 0. The zero-order valence-electron chi connectivity index (χ0n) is 16.4. The van der Waals surface area contributed by atoms with Gasteiger partial charge >= 0.3 is 0 Å². The number of rotatable bonds is 5. The van der Waals surface area contributed by atoms with E-state index in [1.807, 2.05) is 14.1 Å². The van der Waals surface area contributed by atoms with E-state index < -0.39 is 5.82 Å². The average molecular weight is 416 g/mol. The summed E-state index contributed by atoms with van der Waals surface area (Å²) in [5, 5.41) is 6.55. The van der Waals surface area contributed by atoms with Gasteiger partial charge < -0.3 is 15.5 Å². The van der Waals surface area contributed by atoms with Crippen molar-refractivity contribution in [2.24, 2.45) is 0 Å². The quantitative estimate of drug-likeness (QED) is 0.653. The van der Waals surface area contributed by atoms with Gasteiger partial charge in [-0.25, -0.2) is 24.3 Å². The number of aromatic nitrogens is 4. The summed E-state index contributed by atoms with van der Waals surface area (Å²) >= 11 is 5.89. The molecule has 2 heterocycles. The highest BCUT2D eigenvalue weighted by Crippen LogP contribution is 2.28. The van der Waals surface area contributed by atoms with Gasteiger partial charge in [0, 0.05) is 24.8 Å². The van der Waals surface area contributed by atoms with Gasteiger partial charge in [0.25, 0.3) is 0 Å². The zero-order valence-corrected chi connectivity index (χ0v) is 17.1. The van der Waals surface area contributed by atoms with Crippen molar-refractivity contribution in [3.8, 4) is 0 Å². The molecule has 0 bridgehead atoms. The SMILES string of the molecule is CNC1CCC(N(C)c2ncc3ncnc(Nc4ccc(F)c(Cl)c4)c3n2)CC1. The van der Waals surface area contributed by atoms with E-state index in [0.717, 1.165) is 25.7 Å². The summed E-state index contributed by atoms with van der Waals surface area (Å²) in [5.74, 6) is 0.693. The molecule has 0 saturated heterocycles. The van der Waals surface area contributed by atoms with Gasteiger partial charge in [-0.15, -0.1) is 0 Å². The Morgan fingerprint density at radius 1 is 1.14 bits per heavy atom. The summed E-state index contributed by atoms with van der Waals surface area (Å²) in [4.78, 5) is 19.9. The molecule has 152 valence electrons. The Balaban J connectivity index is 1.61. The van der Waals surface area contributed by atoms with Crippen LogP contribution in [-0.2, 0) is 0 Å². The van der Waals surface area contributed by atoms with E-state index in [2.05, 4.69) is 30.5 Å². The van der Waals surface area contributed by atoms with Gasteiger partial charge in [0.15, 0.2) is 5.82 Å². The van der Waals surface area contributed by atoms with Gasteiger partial charge in [-0.05, 0) is 50.9 Å². The third kappa shape index (κ3) is 4.23. The Labute approximate surface area is 173 Å². The molecule has 3 aromatic rings. The van der Waals surface area contributed by atoms with Crippen LogP contribution in [-0.4, -0.2) is 46.1 Å². The first-order valence-electron chi connectivity index (χ1n) is 9.65. The fourth-order valence-corrected chi connectivity index (χ4v) is 3.91. The first-order valence-corrected chi connectivity index (χ1v) is 10.0. The van der Waals surface area contributed by atoms with Gasteiger partial charge in [-0.2, -0.15) is 0 Å². The van der Waals surface area contributed by atoms with Crippen LogP contribution in [0.4, 0.5) is 21.8 Å². The molecule has 1 saturated carbocycles. The molecule has 0 unspecified atom stereocenters. The predicted octanol–water partition coefficient (Wildman–Crippen LogP) is 3.92. The minimum atomic E-state index is -0.469. The maximum atomic E-state index is 13.4. The van der Waals surface area contributed by atoms with E-state index >= 15 is 0 Å². The molecule has 1 aromatic carbocycles. The van der Waals surface area contributed by atoms with Crippen molar-refractivity contribution >= 4 is 40.1 Å². The van der Waals surface area contributed by atoms with Crippen LogP contribution < -0.4 is 15.5 Å². The topological polar surface area (TPSA) is 78.9 Å². The lowest BCUT2D eigenvalue weighted by Crippen LogP contribution is -2.40. The molecule has 29 heavy (non-hydrogen) atoms. The van der Waals surface area contributed by atoms with Gasteiger partial charge in [0.05, 0.1) is 11.2 Å². The van der Waals surface area contributed by atoms with Crippen molar-refractivity contribution < 1.29 is 4.39 Å². The van der Waals surface area contributed by atoms with E-state index in [9.17, 15) is 4.39 Å². The molecule has 1 aliphatic carbocycles. The maximum Gasteiger partial charge on any atom is 0.226 e. The summed E-state index contributed by atoms with van der Waals surface area (Å²) in [6.07, 6.45) is 7.61. The first-order chi connectivity index (χ1) is 14.0. The average Bonchev–Trinajstić information content (AvgIpc) is 2.76. The maximum absolute atomic E-state index is 13.4. The molecule has 1 aliphatic rings. The lowest BCUT2D eigenvalue weighted by molar-refractivity contribution is 0.349. The third-order valence-corrected chi connectivity index (χ3v) is 5.80. The summed E-state index contributed by atoms with van der Waals surface area (Å²) < 4.78 is 13.4. The van der Waals surface area contributed by atoms with Crippen LogP contribution >= 0.6 is 11.6 Å². The summed E-state index contributed by atoms with van der Waals surface area (Å²) in [5.41, 5.74) is 1.86. The lowest BCUT2D eigenvalue weighted by Gasteiger charge is -2.34. The Morgan fingerprint density at radius 2 is 1.93 bits per heavy atom. The molecular weight excluding hydrogens is 393 g/mol. The fraction of sp³-hybridized carbons (Fsp3) is 0.400. The number of nitrogens with zero attached hydrogens (tertiary/aromatic N) is 5. The second-order valence-corrected chi connectivity index (χ2v) is 7.69. The van der Waals surface area contributed by atoms with Crippen LogP contribution in [0.3, 0.4) is 0 Å². The smallest absolute Gasteiger partial charge is 0.226 e. The van der Waals surface area contributed by atoms with Crippen molar-refractivity contribution in [1.82, 2.24) is 25.3 Å². The molecule has 2 aromatic heterocycles. The van der Waals surface area contributed by atoms with Gasteiger partial charge in [-0.1, -0.05) is 11.6 Å². The number of anilines is 3. The van der Waals surface area contributed by atoms with Crippen molar-refractivity contribution in [2.45, 2.75) is 37.8 Å². The standard InChI is InChI=1S/C20H23ClFN7/c1-23-12-3-6-14(7-4-12)29(2)20-24-10-17-18(28-20)19(26-11-25-17)27-13-5-8-16(22)15(21)9-13/h5,8-12,14,23H,3-4,6-7H2,1-2H3,(H,25,26,27). The Hall–Kier alpha value is -2.58. The first kappa shape index (κ1) is 19.7. The molecule has 0 aliphatic heterocycles. The van der Waals surface area contributed by atoms with E-state index in [1.165, 1.54) is 18.5 Å². The van der Waals surface area contributed by atoms with Crippen LogP contribution in [0.1, 0.15) is 25.7 Å². The van der Waals surface area contributed by atoms with Crippen LogP contribution in [0, 0.1) is 5.82 Å². The Bertz CT molecular complexity index is 1010. The molecule has 9 heteroatoms. The van der Waals surface area contributed by atoms with E-state index in [-0.39, 0.29) is 5.02 Å². The minimum Gasteiger partial charge on any atom is -0.341 e. The van der Waals surface area contributed by atoms with Crippen LogP contribution in [0.2, 0.25) is 5.02 Å². The fourth-order valence-electron chi connectivity index (χ4n) is 3.73. The van der Waals surface area contributed by atoms with Gasteiger partial charge in [0.1, 0.15) is 23.2 Å². The van der Waals surface area contributed by atoms with Crippen molar-refractivity contribution in [3.63, 3.8) is 0 Å². The summed E-state index contributed by atoms with van der Waals surface area (Å²) in [6, 6.07) is 5.41. The number of benzene rings is 1. The zero-order chi connectivity index (χ0) is 20.4. The second-order valence-electron chi connectivity index (χ2n) is 7.29. The number of fused-ring (bicyclic) bond motifs is 1. The van der Waals surface area contributed by atoms with E-state index in [4.69, 9.17) is 16.6 Å². The molecule has 0 radical (unpaired) electrons. The molecule has 0 spiro atoms. The number of hydrogen-bond acceptors (Lipinski definition) is 7. The van der Waals surface area contributed by atoms with Crippen molar-refractivity contribution in [1.29, 1.82) is 0 Å². The predicted molar refractivity (Wildman–Crippen MR) is 113 cm³/mol. The molecule has 4 rings (SSSR count). The third-order valence-electron chi connectivity index (χ3n) is 5.52. The largest absolute Gasteiger partial charge is 0.341 e. The number of halogens is 2. The van der Waals surface area contributed by atoms with E-state index in [0.29, 0.717) is 40.6 Å². The molecular formula is C20H23ClFN7. The molecule has 7 nitrogen and oxygen atoms in total. The van der Waals surface area contributed by atoms with Crippen LogP contribution in [0.5, 0.6) is 0 Å². The highest BCUT2D eigenvalue weighted by molar-refractivity contribution is 6.31. The molecule has 2 N–H and O–H groups in total. The van der Waals surface area contributed by atoms with Gasteiger partial charge in [-0.3, -0.25) is 0 Å². The van der Waals surface area contributed by atoms with Gasteiger partial charge in [0.2, 0.25) is 5.95 Å². The second kappa shape index (κ2) is 8.42. The lowest BCUT2D eigenvalue weighted by atomic mass is 9.90. The molecule has 1 fully saturated rings. The van der Waals surface area contributed by atoms with Crippen LogP contribution in [0.25, 0.3) is 11.0 Å². The Kier molecular flexibility index (Phi) is 5.73. The minimum absolute atomic E-state index is 0.0422. The van der Waals surface area contributed by atoms with Crippen LogP contribution in [0.15, 0.2) is 30.7 Å². The summed E-state index contributed by atoms with van der Waals surface area (Å²) in [7, 11) is 4.05. The highest BCUT2D eigenvalue weighted by atomic mass is 35.5. The molecule has 0 amide bonds. The highest BCUT2D eigenvalue weighted by Gasteiger charge is 2.25. The molecule has 0 atom stereocenters. The normalized spacial score (nSPS) is 19.3. The number of nitrogens with one attached hydrogen (secondary N) is 2. The monoisotopic (exact) mass is 415 g/mol. The number of hydrogen-bond donors (Lipinski definition) is 2. The van der Waals surface area contributed by atoms with E-state index in [1.54, 1.807) is 12.3 Å².